The zero-order valence-electron chi connectivity index (χ0n) is 10.6. The molecule has 1 aromatic carbocycles. The predicted molar refractivity (Wildman–Crippen MR) is 80.8 cm³/mol. The van der Waals surface area contributed by atoms with Crippen molar-refractivity contribution in [1.29, 1.82) is 0 Å². The summed E-state index contributed by atoms with van der Waals surface area (Å²) in [4.78, 5) is 0. The highest BCUT2D eigenvalue weighted by Crippen LogP contribution is 2.27. The summed E-state index contributed by atoms with van der Waals surface area (Å²) in [5.41, 5.74) is 1.38. The van der Waals surface area contributed by atoms with E-state index in [1.165, 1.54) is 37.7 Å². The Morgan fingerprint density at radius 3 is 2.72 bits per heavy atom. The van der Waals surface area contributed by atoms with Crippen molar-refractivity contribution < 1.29 is 4.74 Å². The van der Waals surface area contributed by atoms with Gasteiger partial charge in [-0.15, -0.1) is 0 Å². The molecule has 1 saturated heterocycles. The quantitative estimate of drug-likeness (QED) is 0.654. The minimum absolute atomic E-state index is 0.520. The summed E-state index contributed by atoms with van der Waals surface area (Å²) in [5.74, 6) is 0.587. The van der Waals surface area contributed by atoms with E-state index in [1.54, 1.807) is 0 Å². The van der Waals surface area contributed by atoms with Gasteiger partial charge in [-0.1, -0.05) is 46.1 Å². The maximum absolute atomic E-state index is 5.92. The van der Waals surface area contributed by atoms with Crippen LogP contribution in [0.2, 0.25) is 5.02 Å². The molecule has 2 unspecified atom stereocenters. The number of hydrogen-bond acceptors (Lipinski definition) is 1. The van der Waals surface area contributed by atoms with E-state index >= 15 is 0 Å². The third-order valence-electron chi connectivity index (χ3n) is 3.63. The smallest absolute Gasteiger partial charge is 0.0576 e. The van der Waals surface area contributed by atoms with E-state index in [9.17, 15) is 0 Å². The molecule has 0 bridgehead atoms. The van der Waals surface area contributed by atoms with Crippen LogP contribution < -0.4 is 0 Å². The topological polar surface area (TPSA) is 9.23 Å². The highest BCUT2D eigenvalue weighted by atomic mass is 79.9. The fraction of sp³-hybridized carbons (Fsp3) is 0.600. The number of halogens is 2. The average Bonchev–Trinajstić information content (AvgIpc) is 2.89. The van der Waals surface area contributed by atoms with E-state index < -0.39 is 0 Å². The van der Waals surface area contributed by atoms with Gasteiger partial charge < -0.3 is 4.74 Å². The van der Waals surface area contributed by atoms with Crippen molar-refractivity contribution in [2.75, 3.05) is 11.9 Å². The Labute approximate surface area is 123 Å². The maximum atomic E-state index is 5.92. The zero-order chi connectivity index (χ0) is 12.8. The summed E-state index contributed by atoms with van der Waals surface area (Å²) in [7, 11) is 0. The van der Waals surface area contributed by atoms with Crippen LogP contribution in [0.4, 0.5) is 0 Å². The van der Waals surface area contributed by atoms with Crippen molar-refractivity contribution in [3.63, 3.8) is 0 Å². The Morgan fingerprint density at radius 1 is 1.33 bits per heavy atom. The Bertz CT molecular complexity index is 346. The normalized spacial score (nSPS) is 21.1. The lowest BCUT2D eigenvalue weighted by molar-refractivity contribution is 0.102. The maximum Gasteiger partial charge on any atom is 0.0576 e. The minimum atomic E-state index is 0.520. The molecular formula is C15H20BrClO. The summed E-state index contributed by atoms with van der Waals surface area (Å²) in [6.45, 7) is 0.962. The van der Waals surface area contributed by atoms with Crippen molar-refractivity contribution in [2.24, 2.45) is 0 Å². The molecule has 1 heterocycles. The van der Waals surface area contributed by atoms with Gasteiger partial charge in [0.25, 0.3) is 0 Å². The van der Waals surface area contributed by atoms with Crippen molar-refractivity contribution in [3.8, 4) is 0 Å². The van der Waals surface area contributed by atoms with Gasteiger partial charge in [0.2, 0.25) is 0 Å². The molecule has 0 amide bonds. The number of hydrogen-bond donors (Lipinski definition) is 0. The van der Waals surface area contributed by atoms with Crippen molar-refractivity contribution in [3.05, 3.63) is 34.9 Å². The van der Waals surface area contributed by atoms with Gasteiger partial charge >= 0.3 is 0 Å². The number of ether oxygens (including phenoxy) is 1. The van der Waals surface area contributed by atoms with Crippen LogP contribution >= 0.6 is 27.5 Å². The molecule has 2 rings (SSSR count). The number of benzene rings is 1. The molecule has 0 aliphatic carbocycles. The van der Waals surface area contributed by atoms with Gasteiger partial charge in [-0.3, -0.25) is 0 Å². The molecule has 18 heavy (non-hydrogen) atoms. The van der Waals surface area contributed by atoms with Crippen molar-refractivity contribution in [2.45, 2.75) is 44.1 Å². The Hall–Kier alpha value is -0.0500. The molecule has 1 nitrogen and oxygen atoms in total. The predicted octanol–water partition coefficient (Wildman–Crippen LogP) is 5.17. The van der Waals surface area contributed by atoms with Gasteiger partial charge in [-0.05, 0) is 49.3 Å². The minimum Gasteiger partial charge on any atom is -0.378 e. The zero-order valence-corrected chi connectivity index (χ0v) is 12.9. The molecule has 1 aliphatic heterocycles. The van der Waals surface area contributed by atoms with E-state index in [0.717, 1.165) is 17.0 Å². The largest absolute Gasteiger partial charge is 0.378 e. The standard InChI is InChI=1S/C15H20BrClO/c16-11-13(12-6-8-14(17)9-7-12)3-1-4-15-5-2-10-18-15/h6-9,13,15H,1-5,10-11H2. The second-order valence-corrected chi connectivity index (χ2v) is 6.05. The van der Waals surface area contributed by atoms with Crippen LogP contribution in [0.1, 0.15) is 43.6 Å². The first-order valence-electron chi connectivity index (χ1n) is 6.72. The fourth-order valence-corrected chi connectivity index (χ4v) is 3.36. The van der Waals surface area contributed by atoms with Gasteiger partial charge in [-0.25, -0.2) is 0 Å². The van der Waals surface area contributed by atoms with Gasteiger partial charge in [-0.2, -0.15) is 0 Å². The molecular weight excluding hydrogens is 312 g/mol. The molecule has 0 saturated carbocycles. The molecule has 2 atom stereocenters. The van der Waals surface area contributed by atoms with Crippen LogP contribution in [0, 0.1) is 0 Å². The summed E-state index contributed by atoms with van der Waals surface area (Å²) < 4.78 is 5.66. The monoisotopic (exact) mass is 330 g/mol. The second-order valence-electron chi connectivity index (χ2n) is 4.97. The Balaban J connectivity index is 1.79. The summed E-state index contributed by atoms with van der Waals surface area (Å²) in [6, 6.07) is 8.24. The van der Waals surface area contributed by atoms with E-state index in [2.05, 4.69) is 28.1 Å². The first-order chi connectivity index (χ1) is 8.79. The van der Waals surface area contributed by atoms with Gasteiger partial charge in [0.15, 0.2) is 0 Å². The molecule has 3 heteroatoms. The lowest BCUT2D eigenvalue weighted by atomic mass is 9.94. The lowest BCUT2D eigenvalue weighted by Crippen LogP contribution is -2.06. The molecule has 100 valence electrons. The molecule has 0 spiro atoms. The van der Waals surface area contributed by atoms with Crippen LogP contribution in [0.25, 0.3) is 0 Å². The molecule has 0 radical (unpaired) electrons. The highest BCUT2D eigenvalue weighted by Gasteiger charge is 2.16. The number of rotatable bonds is 6. The van der Waals surface area contributed by atoms with Crippen LogP contribution in [0.15, 0.2) is 24.3 Å². The highest BCUT2D eigenvalue weighted by molar-refractivity contribution is 9.09. The van der Waals surface area contributed by atoms with E-state index in [0.29, 0.717) is 12.0 Å². The first-order valence-corrected chi connectivity index (χ1v) is 8.22. The van der Waals surface area contributed by atoms with Gasteiger partial charge in [0.05, 0.1) is 6.10 Å². The second kappa shape index (κ2) is 7.52. The van der Waals surface area contributed by atoms with Crippen molar-refractivity contribution >= 4 is 27.5 Å². The van der Waals surface area contributed by atoms with Crippen molar-refractivity contribution in [1.82, 2.24) is 0 Å². The molecule has 1 aliphatic rings. The lowest BCUT2D eigenvalue weighted by Gasteiger charge is -2.16. The van der Waals surface area contributed by atoms with Crippen LogP contribution in [-0.4, -0.2) is 18.0 Å². The molecule has 0 aromatic heterocycles. The Kier molecular flexibility index (Phi) is 6.00. The fourth-order valence-electron chi connectivity index (χ4n) is 2.53. The summed E-state index contributed by atoms with van der Waals surface area (Å²) in [6.07, 6.45) is 6.67. The molecule has 1 aromatic rings. The molecule has 1 fully saturated rings. The third-order valence-corrected chi connectivity index (χ3v) is 4.66. The Morgan fingerprint density at radius 2 is 2.11 bits per heavy atom. The summed E-state index contributed by atoms with van der Waals surface area (Å²) in [5, 5.41) is 1.83. The van der Waals surface area contributed by atoms with Crippen LogP contribution in [0.5, 0.6) is 0 Å². The average molecular weight is 332 g/mol. The van der Waals surface area contributed by atoms with Crippen LogP contribution in [0.3, 0.4) is 0 Å². The number of alkyl halides is 1. The molecule has 0 N–H and O–H groups in total. The van der Waals surface area contributed by atoms with E-state index in [-0.39, 0.29) is 0 Å². The SMILES string of the molecule is Clc1ccc(C(CBr)CCCC2CCCO2)cc1. The third kappa shape index (κ3) is 4.25. The van der Waals surface area contributed by atoms with E-state index in [4.69, 9.17) is 16.3 Å². The van der Waals surface area contributed by atoms with Crippen LogP contribution in [-0.2, 0) is 4.74 Å². The van der Waals surface area contributed by atoms with Gasteiger partial charge in [0, 0.05) is 17.0 Å². The summed E-state index contributed by atoms with van der Waals surface area (Å²) >= 11 is 9.54. The van der Waals surface area contributed by atoms with Gasteiger partial charge in [0.1, 0.15) is 0 Å². The first kappa shape index (κ1) is 14.4. The van der Waals surface area contributed by atoms with E-state index in [1.807, 2.05) is 12.1 Å².